The summed E-state index contributed by atoms with van der Waals surface area (Å²) in [6.45, 7) is 3.05. The van der Waals surface area contributed by atoms with Crippen molar-refractivity contribution in [3.8, 4) is 0 Å². The number of guanidine groups is 2. The Morgan fingerprint density at radius 3 is 1.97 bits per heavy atom. The third kappa shape index (κ3) is 4.72. The van der Waals surface area contributed by atoms with Crippen LogP contribution in [0.4, 0.5) is 17.1 Å². The molecule has 2 aliphatic heterocycles. The normalized spacial score (nSPS) is 15.1. The molecule has 0 radical (unpaired) electrons. The minimum atomic E-state index is -0.284. The molecular formula is C19H19Cl2N7O. The van der Waals surface area contributed by atoms with Gasteiger partial charge in [-0.1, -0.05) is 23.2 Å². The predicted octanol–water partition coefficient (Wildman–Crippen LogP) is 2.99. The van der Waals surface area contributed by atoms with Crippen LogP contribution < -0.4 is 26.6 Å². The van der Waals surface area contributed by atoms with Crippen LogP contribution in [0.3, 0.4) is 0 Å². The summed E-state index contributed by atoms with van der Waals surface area (Å²) in [6, 6.07) is 10.3. The first-order chi connectivity index (χ1) is 14.1. The molecule has 2 aromatic carbocycles. The van der Waals surface area contributed by atoms with Crippen LogP contribution >= 0.6 is 23.2 Å². The van der Waals surface area contributed by atoms with Gasteiger partial charge < -0.3 is 26.6 Å². The SMILES string of the molecule is O=C(Nc1ccc(NC2=NCCN2)c(Cl)c1)c1ccc(NC2=NCCN2)c(Cl)c1. The van der Waals surface area contributed by atoms with Crippen molar-refractivity contribution in [1.82, 2.24) is 10.6 Å². The second-order valence-electron chi connectivity index (χ2n) is 6.41. The van der Waals surface area contributed by atoms with Crippen molar-refractivity contribution in [2.45, 2.75) is 0 Å². The fourth-order valence-electron chi connectivity index (χ4n) is 2.87. The highest BCUT2D eigenvalue weighted by Gasteiger charge is 2.13. The molecule has 1 amide bonds. The molecule has 0 aliphatic carbocycles. The number of nitrogens with one attached hydrogen (secondary N) is 5. The van der Waals surface area contributed by atoms with Crippen molar-refractivity contribution in [3.05, 3.63) is 52.0 Å². The second-order valence-corrected chi connectivity index (χ2v) is 7.22. The maximum atomic E-state index is 12.6. The van der Waals surface area contributed by atoms with E-state index in [9.17, 15) is 4.79 Å². The summed E-state index contributed by atoms with van der Waals surface area (Å²) in [6.07, 6.45) is 0. The smallest absolute Gasteiger partial charge is 0.255 e. The van der Waals surface area contributed by atoms with Crippen LogP contribution in [-0.4, -0.2) is 44.0 Å². The number of anilines is 3. The Morgan fingerprint density at radius 2 is 1.45 bits per heavy atom. The topological polar surface area (TPSA) is 102 Å². The summed E-state index contributed by atoms with van der Waals surface area (Å²) in [5, 5.41) is 16.2. The van der Waals surface area contributed by atoms with E-state index in [1.54, 1.807) is 36.4 Å². The summed E-state index contributed by atoms with van der Waals surface area (Å²) in [7, 11) is 0. The molecule has 2 aliphatic rings. The van der Waals surface area contributed by atoms with Crippen molar-refractivity contribution in [1.29, 1.82) is 0 Å². The fraction of sp³-hybridized carbons (Fsp3) is 0.211. The van der Waals surface area contributed by atoms with E-state index >= 15 is 0 Å². The van der Waals surface area contributed by atoms with Gasteiger partial charge in [-0.3, -0.25) is 14.8 Å². The van der Waals surface area contributed by atoms with Gasteiger partial charge in [0.1, 0.15) is 0 Å². The standard InChI is InChI=1S/C19H19Cl2N7O/c20-13-9-11(1-3-15(13)27-18-22-5-6-23-18)17(29)26-12-2-4-16(14(21)10-12)28-19-24-7-8-25-19/h1-4,9-10H,5-8H2,(H,26,29)(H2,22,23,27)(H2,24,25,28). The second kappa shape index (κ2) is 8.59. The molecule has 10 heteroatoms. The quantitative estimate of drug-likeness (QED) is 0.512. The number of carbonyl (C=O) groups excluding carboxylic acids is 1. The fourth-order valence-corrected chi connectivity index (χ4v) is 3.33. The van der Waals surface area contributed by atoms with E-state index in [4.69, 9.17) is 23.2 Å². The maximum Gasteiger partial charge on any atom is 0.255 e. The van der Waals surface area contributed by atoms with Crippen LogP contribution in [0.1, 0.15) is 10.4 Å². The van der Waals surface area contributed by atoms with Crippen molar-refractivity contribution in [2.24, 2.45) is 9.98 Å². The summed E-state index contributed by atoms with van der Waals surface area (Å²) in [5.41, 5.74) is 2.40. The third-order valence-corrected chi connectivity index (χ3v) is 4.94. The molecule has 5 N–H and O–H groups in total. The highest BCUT2D eigenvalue weighted by Crippen LogP contribution is 2.27. The van der Waals surface area contributed by atoms with Gasteiger partial charge >= 0.3 is 0 Å². The lowest BCUT2D eigenvalue weighted by Crippen LogP contribution is -2.26. The van der Waals surface area contributed by atoms with Crippen molar-refractivity contribution >= 4 is 58.1 Å². The number of carbonyl (C=O) groups is 1. The maximum absolute atomic E-state index is 12.6. The molecule has 2 heterocycles. The first-order valence-electron chi connectivity index (χ1n) is 9.09. The van der Waals surface area contributed by atoms with Crippen LogP contribution in [0, 0.1) is 0 Å². The number of benzene rings is 2. The number of rotatable bonds is 4. The molecule has 0 atom stereocenters. The number of hydrogen-bond acceptors (Lipinski definition) is 7. The molecule has 0 saturated heterocycles. The van der Waals surface area contributed by atoms with Gasteiger partial charge in [-0.25, -0.2) is 0 Å². The Labute approximate surface area is 177 Å². The molecule has 0 aromatic heterocycles. The van der Waals surface area contributed by atoms with E-state index in [2.05, 4.69) is 36.6 Å². The zero-order chi connectivity index (χ0) is 20.2. The minimum absolute atomic E-state index is 0.284. The highest BCUT2D eigenvalue weighted by atomic mass is 35.5. The summed E-state index contributed by atoms with van der Waals surface area (Å²) in [4.78, 5) is 21.1. The molecule has 150 valence electrons. The lowest BCUT2D eigenvalue weighted by atomic mass is 10.2. The van der Waals surface area contributed by atoms with Gasteiger partial charge in [-0.05, 0) is 36.4 Å². The van der Waals surface area contributed by atoms with Crippen LogP contribution in [0.5, 0.6) is 0 Å². The van der Waals surface area contributed by atoms with Gasteiger partial charge in [0.25, 0.3) is 5.91 Å². The van der Waals surface area contributed by atoms with Crippen molar-refractivity contribution < 1.29 is 4.79 Å². The van der Waals surface area contributed by atoms with Gasteiger partial charge in [-0.2, -0.15) is 0 Å². The zero-order valence-corrected chi connectivity index (χ0v) is 16.9. The monoisotopic (exact) mass is 431 g/mol. The Balaban J connectivity index is 1.42. The predicted molar refractivity (Wildman–Crippen MR) is 119 cm³/mol. The Hall–Kier alpha value is -2.97. The number of halogens is 2. The van der Waals surface area contributed by atoms with Crippen molar-refractivity contribution in [3.63, 3.8) is 0 Å². The minimum Gasteiger partial charge on any atom is -0.354 e. The number of aliphatic imine (C=N–C) groups is 2. The number of nitrogens with zero attached hydrogens (tertiary/aromatic N) is 2. The Bertz CT molecular complexity index is 1010. The van der Waals surface area contributed by atoms with Crippen molar-refractivity contribution in [2.75, 3.05) is 42.1 Å². The number of hydrogen-bond donors (Lipinski definition) is 5. The van der Waals surface area contributed by atoms with E-state index in [0.717, 1.165) is 26.2 Å². The van der Waals surface area contributed by atoms with E-state index in [-0.39, 0.29) is 5.91 Å². The van der Waals surface area contributed by atoms with Crippen LogP contribution in [0.25, 0.3) is 0 Å². The molecule has 0 fully saturated rings. The van der Waals surface area contributed by atoms with Gasteiger partial charge in [0.05, 0.1) is 34.5 Å². The highest BCUT2D eigenvalue weighted by molar-refractivity contribution is 6.34. The van der Waals surface area contributed by atoms with Gasteiger partial charge in [0.2, 0.25) is 0 Å². The molecule has 2 aromatic rings. The molecule has 29 heavy (non-hydrogen) atoms. The van der Waals surface area contributed by atoms with Gasteiger partial charge in [0.15, 0.2) is 11.9 Å². The largest absolute Gasteiger partial charge is 0.354 e. The molecule has 8 nitrogen and oxygen atoms in total. The van der Waals surface area contributed by atoms with Gasteiger partial charge in [0, 0.05) is 24.3 Å². The Morgan fingerprint density at radius 1 is 0.862 bits per heavy atom. The summed E-state index contributed by atoms with van der Waals surface area (Å²) < 4.78 is 0. The van der Waals surface area contributed by atoms with E-state index in [0.29, 0.717) is 44.6 Å². The van der Waals surface area contributed by atoms with Crippen LogP contribution in [0.2, 0.25) is 10.0 Å². The summed E-state index contributed by atoms with van der Waals surface area (Å²) in [5.74, 6) is 1.07. The average Bonchev–Trinajstić information content (AvgIpc) is 3.39. The van der Waals surface area contributed by atoms with E-state index < -0.39 is 0 Å². The summed E-state index contributed by atoms with van der Waals surface area (Å²) >= 11 is 12.6. The van der Waals surface area contributed by atoms with Gasteiger partial charge in [-0.15, -0.1) is 0 Å². The molecule has 0 saturated carbocycles. The average molecular weight is 432 g/mol. The van der Waals surface area contributed by atoms with E-state index in [1.165, 1.54) is 0 Å². The van der Waals surface area contributed by atoms with E-state index in [1.807, 2.05) is 0 Å². The number of amides is 1. The molecule has 0 spiro atoms. The van der Waals surface area contributed by atoms with Crippen LogP contribution in [0.15, 0.2) is 46.4 Å². The molecule has 0 bridgehead atoms. The van der Waals surface area contributed by atoms with Crippen LogP contribution in [-0.2, 0) is 0 Å². The molecule has 4 rings (SSSR count). The lowest BCUT2D eigenvalue weighted by molar-refractivity contribution is 0.102. The zero-order valence-electron chi connectivity index (χ0n) is 15.4. The first kappa shape index (κ1) is 19.4. The Kier molecular flexibility index (Phi) is 5.73. The third-order valence-electron chi connectivity index (χ3n) is 4.31. The first-order valence-corrected chi connectivity index (χ1v) is 9.85. The molecule has 0 unspecified atom stereocenters. The molecular weight excluding hydrogens is 413 g/mol. The lowest BCUT2D eigenvalue weighted by Gasteiger charge is -2.12.